The third-order valence-corrected chi connectivity index (χ3v) is 4.91. The van der Waals surface area contributed by atoms with E-state index >= 15 is 0 Å². The molecule has 186 valence electrons. The highest BCUT2D eigenvalue weighted by molar-refractivity contribution is 5.77. The summed E-state index contributed by atoms with van der Waals surface area (Å²) in [4.78, 5) is 20.6. The molecule has 1 aromatic carbocycles. The van der Waals surface area contributed by atoms with Crippen LogP contribution in [-0.4, -0.2) is 68.0 Å². The molecule has 0 saturated carbocycles. The van der Waals surface area contributed by atoms with Crippen LogP contribution in [0.5, 0.6) is 17.2 Å². The number of carbonyl (C=O) groups is 1. The summed E-state index contributed by atoms with van der Waals surface area (Å²) in [6.07, 6.45) is -3.10. The summed E-state index contributed by atoms with van der Waals surface area (Å²) in [5.74, 6) is -0.615. The van der Waals surface area contributed by atoms with E-state index in [0.717, 1.165) is 18.1 Å². The van der Waals surface area contributed by atoms with Gasteiger partial charge < -0.3 is 29.2 Å². The molecule has 0 aliphatic carbocycles. The van der Waals surface area contributed by atoms with Gasteiger partial charge in [-0.05, 0) is 13.8 Å². The number of nitrogens with one attached hydrogen (secondary N) is 1. The van der Waals surface area contributed by atoms with Crippen LogP contribution in [0.15, 0.2) is 30.6 Å². The number of ether oxygens (including phenoxy) is 4. The van der Waals surface area contributed by atoms with Crippen molar-refractivity contribution in [1.82, 2.24) is 15.3 Å². The van der Waals surface area contributed by atoms with Crippen LogP contribution >= 0.6 is 0 Å². The molecule has 1 amide bonds. The van der Waals surface area contributed by atoms with Crippen molar-refractivity contribution in [3.63, 3.8) is 0 Å². The maximum atomic E-state index is 12.7. The molecule has 34 heavy (non-hydrogen) atoms. The van der Waals surface area contributed by atoms with E-state index in [1.807, 2.05) is 24.8 Å². The van der Waals surface area contributed by atoms with Crippen molar-refractivity contribution in [2.45, 2.75) is 38.3 Å². The largest absolute Gasteiger partial charge is 0.491 e. The maximum Gasteiger partial charge on any atom is 0.451 e. The molecule has 1 N–H and O–H groups in total. The number of methoxy groups -OCH3 is 2. The van der Waals surface area contributed by atoms with E-state index in [0.29, 0.717) is 24.6 Å². The molecule has 0 spiro atoms. The second-order valence-corrected chi connectivity index (χ2v) is 7.96. The first-order chi connectivity index (χ1) is 16.1. The van der Waals surface area contributed by atoms with Crippen molar-refractivity contribution in [3.05, 3.63) is 36.4 Å². The van der Waals surface area contributed by atoms with E-state index in [-0.39, 0.29) is 36.5 Å². The van der Waals surface area contributed by atoms with Crippen LogP contribution in [0.2, 0.25) is 0 Å². The highest BCUT2D eigenvalue weighted by Crippen LogP contribution is 2.34. The number of hydrogen-bond acceptors (Lipinski definition) is 8. The molecule has 1 fully saturated rings. The summed E-state index contributed by atoms with van der Waals surface area (Å²) in [6.45, 7) is 4.63. The molecule has 2 atom stereocenters. The van der Waals surface area contributed by atoms with Gasteiger partial charge in [0.1, 0.15) is 18.1 Å². The third-order valence-electron chi connectivity index (χ3n) is 4.91. The van der Waals surface area contributed by atoms with Crippen LogP contribution < -0.4 is 19.7 Å². The van der Waals surface area contributed by atoms with Crippen molar-refractivity contribution in [2.24, 2.45) is 0 Å². The predicted molar refractivity (Wildman–Crippen MR) is 116 cm³/mol. The normalized spacial score (nSPS) is 18.3. The number of amides is 1. The molecule has 3 rings (SSSR count). The lowest BCUT2D eigenvalue weighted by atomic mass is 10.2. The number of aromatic nitrogens is 2. The second-order valence-electron chi connectivity index (χ2n) is 7.96. The summed E-state index contributed by atoms with van der Waals surface area (Å²) in [6, 6.07) is 4.90. The minimum Gasteiger partial charge on any atom is -0.491 e. The molecule has 1 aliphatic rings. The van der Waals surface area contributed by atoms with Gasteiger partial charge in [-0.15, -0.1) is 0 Å². The van der Waals surface area contributed by atoms with E-state index in [1.165, 1.54) is 7.11 Å². The average molecular weight is 484 g/mol. The molecular weight excluding hydrogens is 457 g/mol. The molecule has 1 saturated heterocycles. The first-order valence-corrected chi connectivity index (χ1v) is 10.5. The van der Waals surface area contributed by atoms with Crippen LogP contribution in [0.3, 0.4) is 0 Å². The Morgan fingerprint density at radius 1 is 1.12 bits per heavy atom. The number of halogens is 3. The lowest BCUT2D eigenvalue weighted by Crippen LogP contribution is -2.44. The van der Waals surface area contributed by atoms with Gasteiger partial charge in [0.2, 0.25) is 11.7 Å². The van der Waals surface area contributed by atoms with Crippen LogP contribution in [0.1, 0.15) is 19.7 Å². The minimum atomic E-state index is -4.64. The Labute approximate surface area is 195 Å². The fraction of sp³-hybridized carbons (Fsp3) is 0.500. The lowest BCUT2D eigenvalue weighted by Gasteiger charge is -2.21. The summed E-state index contributed by atoms with van der Waals surface area (Å²) in [7, 11) is 3.01. The zero-order chi connectivity index (χ0) is 24.9. The van der Waals surface area contributed by atoms with E-state index in [2.05, 4.69) is 15.3 Å². The summed E-state index contributed by atoms with van der Waals surface area (Å²) < 4.78 is 60.2. The maximum absolute atomic E-state index is 12.7. The number of rotatable bonds is 9. The van der Waals surface area contributed by atoms with Crippen LogP contribution in [0.4, 0.5) is 18.9 Å². The van der Waals surface area contributed by atoms with Gasteiger partial charge >= 0.3 is 6.18 Å². The van der Waals surface area contributed by atoms with E-state index in [4.69, 9.17) is 18.9 Å². The van der Waals surface area contributed by atoms with Crippen molar-refractivity contribution in [2.75, 3.05) is 38.8 Å². The van der Waals surface area contributed by atoms with Crippen LogP contribution in [0.25, 0.3) is 0 Å². The van der Waals surface area contributed by atoms with Crippen LogP contribution in [-0.2, 0) is 20.4 Å². The van der Waals surface area contributed by atoms with E-state index in [9.17, 15) is 18.0 Å². The van der Waals surface area contributed by atoms with Gasteiger partial charge in [0.25, 0.3) is 0 Å². The van der Waals surface area contributed by atoms with E-state index < -0.39 is 12.0 Å². The molecule has 1 aliphatic heterocycles. The topological polar surface area (TPSA) is 95.0 Å². The second kappa shape index (κ2) is 10.9. The Kier molecular flexibility index (Phi) is 8.15. The van der Waals surface area contributed by atoms with Crippen LogP contribution in [0, 0.1) is 0 Å². The van der Waals surface area contributed by atoms with Crippen molar-refractivity contribution >= 4 is 11.6 Å². The SMILES string of the molecule is COCC(=O)N[C@H]1CN(c2cc(Oc3cnc(C(F)(F)F)nc3)cc(OC(C)C)c2)C[C@H]1OC. The van der Waals surface area contributed by atoms with Gasteiger partial charge in [0.05, 0.1) is 30.6 Å². The van der Waals surface area contributed by atoms with Crippen molar-refractivity contribution in [1.29, 1.82) is 0 Å². The minimum absolute atomic E-state index is 0.0431. The zero-order valence-corrected chi connectivity index (χ0v) is 19.3. The van der Waals surface area contributed by atoms with Gasteiger partial charge in [-0.3, -0.25) is 4.79 Å². The summed E-state index contributed by atoms with van der Waals surface area (Å²) >= 11 is 0. The molecule has 12 heteroatoms. The Morgan fingerprint density at radius 2 is 1.79 bits per heavy atom. The average Bonchev–Trinajstić information content (AvgIpc) is 3.16. The lowest BCUT2D eigenvalue weighted by molar-refractivity contribution is -0.145. The molecule has 9 nitrogen and oxygen atoms in total. The highest BCUT2D eigenvalue weighted by Gasteiger charge is 2.35. The van der Waals surface area contributed by atoms with Crippen molar-refractivity contribution in [3.8, 4) is 17.2 Å². The van der Waals surface area contributed by atoms with Gasteiger partial charge in [-0.25, -0.2) is 9.97 Å². The monoisotopic (exact) mass is 484 g/mol. The number of anilines is 1. The predicted octanol–water partition coefficient (Wildman–Crippen LogP) is 3.04. The van der Waals surface area contributed by atoms with E-state index in [1.54, 1.807) is 19.2 Å². The Bertz CT molecular complexity index is 972. The fourth-order valence-corrected chi connectivity index (χ4v) is 3.53. The number of carbonyl (C=O) groups excluding carboxylic acids is 1. The number of hydrogen-bond donors (Lipinski definition) is 1. The molecule has 0 unspecified atom stereocenters. The number of nitrogens with zero attached hydrogens (tertiary/aromatic N) is 3. The molecule has 0 bridgehead atoms. The first kappa shape index (κ1) is 25.5. The quantitative estimate of drug-likeness (QED) is 0.581. The third kappa shape index (κ3) is 6.70. The molecule has 1 aromatic heterocycles. The van der Waals surface area contributed by atoms with Gasteiger partial charge in [0, 0.05) is 51.2 Å². The zero-order valence-electron chi connectivity index (χ0n) is 19.3. The highest BCUT2D eigenvalue weighted by atomic mass is 19.4. The first-order valence-electron chi connectivity index (χ1n) is 10.5. The Hall–Kier alpha value is -3.12. The molecule has 2 heterocycles. The smallest absolute Gasteiger partial charge is 0.451 e. The Balaban J connectivity index is 1.83. The molecule has 2 aromatic rings. The van der Waals surface area contributed by atoms with Crippen molar-refractivity contribution < 1.29 is 36.9 Å². The molecule has 0 radical (unpaired) electrons. The molecular formula is C22H27F3N4O5. The Morgan fingerprint density at radius 3 is 2.38 bits per heavy atom. The van der Waals surface area contributed by atoms with Gasteiger partial charge in [0.15, 0.2) is 5.75 Å². The number of alkyl halides is 3. The summed E-state index contributed by atoms with van der Waals surface area (Å²) in [5.41, 5.74) is 0.728. The fourth-order valence-electron chi connectivity index (χ4n) is 3.53. The summed E-state index contributed by atoms with van der Waals surface area (Å²) in [5, 5.41) is 2.90. The standard InChI is InChI=1S/C22H27F3N4O5/c1-13(2)33-15-5-14(29-10-18(19(11-29)32-4)28-20(30)12-31-3)6-16(7-15)34-17-8-26-21(27-9-17)22(23,24)25/h5-9,13,18-19H,10-12H2,1-4H3,(H,28,30)/t18-,19+/m0/s1. The van der Waals surface area contributed by atoms with Gasteiger partial charge in [-0.2, -0.15) is 13.2 Å². The number of benzene rings is 1. The van der Waals surface area contributed by atoms with Gasteiger partial charge in [-0.1, -0.05) is 0 Å².